The summed E-state index contributed by atoms with van der Waals surface area (Å²) in [4.78, 5) is 12.0. The summed E-state index contributed by atoms with van der Waals surface area (Å²) in [5.41, 5.74) is 4.96. The SMILES string of the molecule is CCCC/C(=N/NC(=O)COc1ccc(C#N)cc1)c1ccccc1. The lowest BCUT2D eigenvalue weighted by Gasteiger charge is -2.08. The van der Waals surface area contributed by atoms with Gasteiger partial charge in [0.2, 0.25) is 0 Å². The minimum absolute atomic E-state index is 0.134. The summed E-state index contributed by atoms with van der Waals surface area (Å²) in [6.45, 7) is 1.98. The lowest BCUT2D eigenvalue weighted by atomic mass is 10.1. The third-order valence-electron chi connectivity index (χ3n) is 3.54. The number of carbonyl (C=O) groups excluding carboxylic acids is 1. The van der Waals surface area contributed by atoms with Crippen LogP contribution in [0, 0.1) is 11.3 Å². The summed E-state index contributed by atoms with van der Waals surface area (Å²) in [5.74, 6) is 0.210. The van der Waals surface area contributed by atoms with Crippen molar-refractivity contribution in [3.8, 4) is 11.8 Å². The Morgan fingerprint density at radius 1 is 1.16 bits per heavy atom. The van der Waals surface area contributed by atoms with Crippen molar-refractivity contribution in [1.29, 1.82) is 5.26 Å². The first-order valence-corrected chi connectivity index (χ1v) is 8.26. The van der Waals surface area contributed by atoms with Gasteiger partial charge in [0.1, 0.15) is 5.75 Å². The average Bonchev–Trinajstić information content (AvgIpc) is 2.67. The highest BCUT2D eigenvalue weighted by Gasteiger charge is 2.06. The van der Waals surface area contributed by atoms with Gasteiger partial charge < -0.3 is 4.74 Å². The highest BCUT2D eigenvalue weighted by Crippen LogP contribution is 2.11. The summed E-state index contributed by atoms with van der Waals surface area (Å²) in [7, 11) is 0. The van der Waals surface area contributed by atoms with Gasteiger partial charge in [0.05, 0.1) is 17.3 Å². The Labute approximate surface area is 147 Å². The van der Waals surface area contributed by atoms with Crippen LogP contribution in [0.25, 0.3) is 0 Å². The molecule has 5 nitrogen and oxygen atoms in total. The predicted octanol–water partition coefficient (Wildman–Crippen LogP) is 3.65. The van der Waals surface area contributed by atoms with Gasteiger partial charge in [0.25, 0.3) is 5.91 Å². The van der Waals surface area contributed by atoms with Crippen molar-refractivity contribution in [2.45, 2.75) is 26.2 Å². The molecule has 0 unspecified atom stereocenters. The van der Waals surface area contributed by atoms with Gasteiger partial charge in [-0.25, -0.2) is 5.43 Å². The van der Waals surface area contributed by atoms with E-state index < -0.39 is 0 Å². The molecular formula is C20H21N3O2. The zero-order valence-electron chi connectivity index (χ0n) is 14.2. The van der Waals surface area contributed by atoms with Crippen molar-refractivity contribution in [2.24, 2.45) is 5.10 Å². The van der Waals surface area contributed by atoms with Crippen LogP contribution in [0.3, 0.4) is 0 Å². The highest BCUT2D eigenvalue weighted by atomic mass is 16.5. The van der Waals surface area contributed by atoms with E-state index in [0.29, 0.717) is 11.3 Å². The van der Waals surface area contributed by atoms with Crippen molar-refractivity contribution in [2.75, 3.05) is 6.61 Å². The molecular weight excluding hydrogens is 314 g/mol. The second-order valence-corrected chi connectivity index (χ2v) is 5.49. The fourth-order valence-corrected chi connectivity index (χ4v) is 2.18. The molecule has 2 rings (SSSR count). The third-order valence-corrected chi connectivity index (χ3v) is 3.54. The number of amides is 1. The lowest BCUT2D eigenvalue weighted by Crippen LogP contribution is -2.26. The fraction of sp³-hybridized carbons (Fsp3) is 0.250. The topological polar surface area (TPSA) is 74.5 Å². The number of hydrazone groups is 1. The van der Waals surface area contributed by atoms with E-state index in [9.17, 15) is 4.79 Å². The molecule has 0 heterocycles. The molecule has 0 bridgehead atoms. The van der Waals surface area contributed by atoms with Crippen molar-refractivity contribution < 1.29 is 9.53 Å². The molecule has 0 radical (unpaired) electrons. The predicted molar refractivity (Wildman–Crippen MR) is 97.3 cm³/mol. The van der Waals surface area contributed by atoms with E-state index in [1.165, 1.54) is 0 Å². The number of rotatable bonds is 8. The summed E-state index contributed by atoms with van der Waals surface area (Å²) in [6.07, 6.45) is 2.87. The summed E-state index contributed by atoms with van der Waals surface area (Å²) in [6, 6.07) is 18.4. The average molecular weight is 335 g/mol. The fourth-order valence-electron chi connectivity index (χ4n) is 2.18. The largest absolute Gasteiger partial charge is 0.484 e. The van der Waals surface area contributed by atoms with Crippen molar-refractivity contribution >= 4 is 11.6 Å². The van der Waals surface area contributed by atoms with E-state index in [-0.39, 0.29) is 12.5 Å². The Morgan fingerprint density at radius 2 is 1.88 bits per heavy atom. The molecule has 0 aliphatic rings. The van der Waals surface area contributed by atoms with Crippen LogP contribution in [0.1, 0.15) is 37.3 Å². The zero-order chi connectivity index (χ0) is 17.9. The van der Waals surface area contributed by atoms with Gasteiger partial charge in [-0.2, -0.15) is 10.4 Å². The maximum absolute atomic E-state index is 12.0. The highest BCUT2D eigenvalue weighted by molar-refractivity contribution is 6.01. The molecule has 0 spiro atoms. The standard InChI is InChI=1S/C20H21N3O2/c1-2-3-9-19(17-7-5-4-6-8-17)22-23-20(24)15-25-18-12-10-16(14-21)11-13-18/h4-8,10-13H,2-3,9,15H2,1H3,(H,23,24)/b22-19-. The zero-order valence-corrected chi connectivity index (χ0v) is 14.2. The maximum Gasteiger partial charge on any atom is 0.277 e. The normalized spacial score (nSPS) is 10.8. The van der Waals surface area contributed by atoms with Gasteiger partial charge in [-0.15, -0.1) is 0 Å². The van der Waals surface area contributed by atoms with Crippen LogP contribution in [0.2, 0.25) is 0 Å². The molecule has 0 aliphatic heterocycles. The van der Waals surface area contributed by atoms with E-state index in [1.54, 1.807) is 24.3 Å². The number of unbranched alkanes of at least 4 members (excludes halogenated alkanes) is 1. The van der Waals surface area contributed by atoms with Crippen LogP contribution >= 0.6 is 0 Å². The van der Waals surface area contributed by atoms with E-state index in [0.717, 1.165) is 30.5 Å². The summed E-state index contributed by atoms with van der Waals surface area (Å²) < 4.78 is 5.40. The Morgan fingerprint density at radius 3 is 2.52 bits per heavy atom. The number of nitrogens with one attached hydrogen (secondary N) is 1. The van der Waals surface area contributed by atoms with Gasteiger partial charge in [0.15, 0.2) is 6.61 Å². The first kappa shape index (κ1) is 18.2. The van der Waals surface area contributed by atoms with Crippen molar-refractivity contribution in [3.05, 3.63) is 65.7 Å². The van der Waals surface area contributed by atoms with E-state index in [4.69, 9.17) is 10.00 Å². The minimum atomic E-state index is -0.325. The summed E-state index contributed by atoms with van der Waals surface area (Å²) in [5, 5.41) is 13.0. The van der Waals surface area contributed by atoms with Gasteiger partial charge >= 0.3 is 0 Å². The molecule has 25 heavy (non-hydrogen) atoms. The summed E-state index contributed by atoms with van der Waals surface area (Å²) >= 11 is 0. The molecule has 0 saturated carbocycles. The molecule has 0 aliphatic carbocycles. The van der Waals surface area contributed by atoms with Gasteiger partial charge in [-0.3, -0.25) is 4.79 Å². The molecule has 5 heteroatoms. The van der Waals surface area contributed by atoms with Crippen molar-refractivity contribution in [3.63, 3.8) is 0 Å². The van der Waals surface area contributed by atoms with E-state index in [1.807, 2.05) is 36.4 Å². The number of hydrogen-bond donors (Lipinski definition) is 1. The van der Waals surface area contributed by atoms with Crippen LogP contribution in [0.5, 0.6) is 5.75 Å². The molecule has 0 fully saturated rings. The number of ether oxygens (including phenoxy) is 1. The second kappa shape index (κ2) is 9.89. The Kier molecular flexibility index (Phi) is 7.20. The van der Waals surface area contributed by atoms with Crippen LogP contribution in [0.4, 0.5) is 0 Å². The van der Waals surface area contributed by atoms with Gasteiger partial charge in [-0.1, -0.05) is 43.7 Å². The molecule has 128 valence electrons. The van der Waals surface area contributed by atoms with Gasteiger partial charge in [0, 0.05) is 0 Å². The smallest absolute Gasteiger partial charge is 0.277 e. The molecule has 1 N–H and O–H groups in total. The van der Waals surface area contributed by atoms with Crippen LogP contribution in [0.15, 0.2) is 59.7 Å². The monoisotopic (exact) mass is 335 g/mol. The molecule has 0 saturated heterocycles. The van der Waals surface area contributed by atoms with Crippen LogP contribution in [-0.2, 0) is 4.79 Å². The van der Waals surface area contributed by atoms with Crippen molar-refractivity contribution in [1.82, 2.24) is 5.43 Å². The quantitative estimate of drug-likeness (QED) is 0.591. The molecule has 0 atom stereocenters. The second-order valence-electron chi connectivity index (χ2n) is 5.49. The Balaban J connectivity index is 1.92. The van der Waals surface area contributed by atoms with Crippen LogP contribution < -0.4 is 10.2 Å². The molecule has 0 aromatic heterocycles. The Hall–Kier alpha value is -3.13. The molecule has 2 aromatic rings. The number of benzene rings is 2. The number of hydrogen-bond acceptors (Lipinski definition) is 4. The maximum atomic E-state index is 12.0. The minimum Gasteiger partial charge on any atom is -0.484 e. The third kappa shape index (κ3) is 6.11. The lowest BCUT2D eigenvalue weighted by molar-refractivity contribution is -0.123. The van der Waals surface area contributed by atoms with E-state index in [2.05, 4.69) is 17.5 Å². The first-order valence-electron chi connectivity index (χ1n) is 8.26. The molecule has 1 amide bonds. The number of nitriles is 1. The van der Waals surface area contributed by atoms with Crippen LogP contribution in [-0.4, -0.2) is 18.2 Å². The number of carbonyl (C=O) groups is 1. The first-order chi connectivity index (χ1) is 12.2. The van der Waals surface area contributed by atoms with E-state index >= 15 is 0 Å². The van der Waals surface area contributed by atoms with Gasteiger partial charge in [-0.05, 0) is 42.7 Å². The Bertz CT molecular complexity index is 747. The molecule has 2 aromatic carbocycles. The number of nitrogens with zero attached hydrogens (tertiary/aromatic N) is 2.